The monoisotopic (exact) mass is 359 g/mol. The molecule has 0 fully saturated rings. The van der Waals surface area contributed by atoms with Crippen molar-refractivity contribution < 1.29 is 0 Å². The molecule has 3 aromatic carbocycles. The van der Waals surface area contributed by atoms with E-state index >= 15 is 0 Å². The molecule has 1 heterocycles. The predicted molar refractivity (Wildman–Crippen MR) is 109 cm³/mol. The molecule has 0 aliphatic rings. The largest absolute Gasteiger partial charge is 0.339 e. The first-order valence-corrected chi connectivity index (χ1v) is 8.85. The first kappa shape index (κ1) is 16.6. The van der Waals surface area contributed by atoms with Crippen molar-refractivity contribution >= 4 is 34.0 Å². The number of rotatable bonds is 3. The Balaban J connectivity index is 1.89. The molecular weight excluding hydrogens is 342 g/mol. The van der Waals surface area contributed by atoms with E-state index in [4.69, 9.17) is 21.6 Å². The maximum absolute atomic E-state index is 6.27. The van der Waals surface area contributed by atoms with Gasteiger partial charge in [0.15, 0.2) is 5.82 Å². The molecule has 4 heteroatoms. The van der Waals surface area contributed by atoms with Gasteiger partial charge in [-0.15, -0.1) is 0 Å². The smallest absolute Gasteiger partial charge is 0.162 e. The second-order valence-corrected chi connectivity index (χ2v) is 6.73. The van der Waals surface area contributed by atoms with Gasteiger partial charge in [-0.05, 0) is 49.7 Å². The summed E-state index contributed by atoms with van der Waals surface area (Å²) in [7, 11) is 0. The molecule has 26 heavy (non-hydrogen) atoms. The van der Waals surface area contributed by atoms with Crippen LogP contribution in [0.2, 0.25) is 5.02 Å². The zero-order chi connectivity index (χ0) is 18.1. The summed E-state index contributed by atoms with van der Waals surface area (Å²) < 4.78 is 0. The Labute approximate surface area is 157 Å². The number of para-hydroxylation sites is 1. The van der Waals surface area contributed by atoms with Crippen molar-refractivity contribution in [2.45, 2.75) is 13.8 Å². The van der Waals surface area contributed by atoms with E-state index in [-0.39, 0.29) is 0 Å². The van der Waals surface area contributed by atoms with Crippen LogP contribution in [0.15, 0.2) is 66.7 Å². The first-order valence-electron chi connectivity index (χ1n) is 8.48. The quantitative estimate of drug-likeness (QED) is 0.465. The summed E-state index contributed by atoms with van der Waals surface area (Å²) in [4.78, 5) is 9.56. The lowest BCUT2D eigenvalue weighted by Crippen LogP contribution is -2.00. The Morgan fingerprint density at radius 2 is 1.65 bits per heavy atom. The second kappa shape index (κ2) is 6.77. The zero-order valence-corrected chi connectivity index (χ0v) is 15.4. The highest BCUT2D eigenvalue weighted by Crippen LogP contribution is 2.30. The fourth-order valence-corrected chi connectivity index (χ4v) is 3.13. The summed E-state index contributed by atoms with van der Waals surface area (Å²) in [6, 6.07) is 22.1. The molecule has 4 rings (SSSR count). The van der Waals surface area contributed by atoms with Gasteiger partial charge in [0.25, 0.3) is 0 Å². The van der Waals surface area contributed by atoms with Gasteiger partial charge in [0.2, 0.25) is 0 Å². The standard InChI is InChI=1S/C22H18ClN3/c1-14-7-5-8-16(13-14)21-25-20-11-4-3-9-17(20)22(26-21)24-19-12-6-10-18(23)15(19)2/h3-13H,1-2H3,(H,24,25,26). The normalized spacial score (nSPS) is 10.9. The van der Waals surface area contributed by atoms with E-state index in [1.807, 2.05) is 61.5 Å². The highest BCUT2D eigenvalue weighted by atomic mass is 35.5. The van der Waals surface area contributed by atoms with E-state index in [1.54, 1.807) is 0 Å². The first-order chi connectivity index (χ1) is 12.6. The van der Waals surface area contributed by atoms with Crippen LogP contribution in [0.5, 0.6) is 0 Å². The van der Waals surface area contributed by atoms with Gasteiger partial charge in [-0.1, -0.05) is 53.6 Å². The molecule has 0 saturated carbocycles. The van der Waals surface area contributed by atoms with Crippen LogP contribution in [0.1, 0.15) is 11.1 Å². The molecule has 0 spiro atoms. The molecule has 4 aromatic rings. The van der Waals surface area contributed by atoms with Crippen LogP contribution in [0.4, 0.5) is 11.5 Å². The number of nitrogens with zero attached hydrogens (tertiary/aromatic N) is 2. The van der Waals surface area contributed by atoms with E-state index in [2.05, 4.69) is 24.4 Å². The Hall–Kier alpha value is -2.91. The fraction of sp³-hybridized carbons (Fsp3) is 0.0909. The Bertz CT molecular complexity index is 1110. The predicted octanol–water partition coefficient (Wildman–Crippen LogP) is 6.31. The minimum Gasteiger partial charge on any atom is -0.339 e. The molecule has 3 nitrogen and oxygen atoms in total. The number of hydrogen-bond donors (Lipinski definition) is 1. The minimum atomic E-state index is 0.703. The molecule has 1 N–H and O–H groups in total. The number of benzene rings is 3. The van der Waals surface area contributed by atoms with Crippen LogP contribution < -0.4 is 5.32 Å². The summed E-state index contributed by atoms with van der Waals surface area (Å²) in [5.74, 6) is 1.48. The Morgan fingerprint density at radius 1 is 0.846 bits per heavy atom. The molecule has 0 radical (unpaired) electrons. The van der Waals surface area contributed by atoms with Gasteiger partial charge in [0, 0.05) is 21.7 Å². The zero-order valence-electron chi connectivity index (χ0n) is 14.6. The Morgan fingerprint density at radius 3 is 2.50 bits per heavy atom. The van der Waals surface area contributed by atoms with E-state index in [9.17, 15) is 0 Å². The summed E-state index contributed by atoms with van der Waals surface area (Å²) in [6.45, 7) is 4.06. The van der Waals surface area contributed by atoms with Crippen LogP contribution in [0.25, 0.3) is 22.3 Å². The van der Waals surface area contributed by atoms with Gasteiger partial charge in [-0.3, -0.25) is 0 Å². The molecule has 0 aliphatic carbocycles. The number of aromatic nitrogens is 2. The summed E-state index contributed by atoms with van der Waals surface area (Å²) in [6.07, 6.45) is 0. The number of nitrogens with one attached hydrogen (secondary N) is 1. The molecule has 0 unspecified atom stereocenters. The summed E-state index contributed by atoms with van der Waals surface area (Å²) in [5.41, 5.74) is 5.02. The van der Waals surface area contributed by atoms with Crippen molar-refractivity contribution in [2.75, 3.05) is 5.32 Å². The van der Waals surface area contributed by atoms with Crippen molar-refractivity contribution in [3.05, 3.63) is 82.9 Å². The van der Waals surface area contributed by atoms with Crippen molar-refractivity contribution in [3.63, 3.8) is 0 Å². The molecule has 0 amide bonds. The molecule has 0 saturated heterocycles. The van der Waals surface area contributed by atoms with Gasteiger partial charge < -0.3 is 5.32 Å². The summed E-state index contributed by atoms with van der Waals surface area (Å²) in [5, 5.41) is 5.15. The number of halogens is 1. The van der Waals surface area contributed by atoms with Crippen LogP contribution in [-0.2, 0) is 0 Å². The van der Waals surface area contributed by atoms with Gasteiger partial charge in [-0.2, -0.15) is 0 Å². The lowest BCUT2D eigenvalue weighted by Gasteiger charge is -2.13. The lowest BCUT2D eigenvalue weighted by atomic mass is 10.1. The van der Waals surface area contributed by atoms with E-state index in [1.165, 1.54) is 5.56 Å². The average molecular weight is 360 g/mol. The van der Waals surface area contributed by atoms with Crippen molar-refractivity contribution in [2.24, 2.45) is 0 Å². The highest BCUT2D eigenvalue weighted by Gasteiger charge is 2.11. The second-order valence-electron chi connectivity index (χ2n) is 6.32. The Kier molecular flexibility index (Phi) is 4.31. The molecule has 128 valence electrons. The van der Waals surface area contributed by atoms with Gasteiger partial charge in [0.05, 0.1) is 5.52 Å². The highest BCUT2D eigenvalue weighted by molar-refractivity contribution is 6.31. The SMILES string of the molecule is Cc1cccc(-c2nc(Nc3cccc(Cl)c3C)c3ccccc3n2)c1. The third kappa shape index (κ3) is 3.14. The van der Waals surface area contributed by atoms with E-state index < -0.39 is 0 Å². The topological polar surface area (TPSA) is 37.8 Å². The van der Waals surface area contributed by atoms with Gasteiger partial charge in [-0.25, -0.2) is 9.97 Å². The van der Waals surface area contributed by atoms with E-state index in [0.29, 0.717) is 5.82 Å². The summed E-state index contributed by atoms with van der Waals surface area (Å²) >= 11 is 6.27. The van der Waals surface area contributed by atoms with Crippen LogP contribution in [-0.4, -0.2) is 9.97 Å². The minimum absolute atomic E-state index is 0.703. The third-order valence-electron chi connectivity index (χ3n) is 4.40. The molecule has 0 bridgehead atoms. The van der Waals surface area contributed by atoms with Crippen LogP contribution >= 0.6 is 11.6 Å². The van der Waals surface area contributed by atoms with Crippen molar-refractivity contribution in [1.29, 1.82) is 0 Å². The number of anilines is 2. The van der Waals surface area contributed by atoms with Crippen LogP contribution in [0.3, 0.4) is 0 Å². The lowest BCUT2D eigenvalue weighted by molar-refractivity contribution is 1.22. The molecule has 1 aromatic heterocycles. The number of fused-ring (bicyclic) bond motifs is 1. The van der Waals surface area contributed by atoms with Gasteiger partial charge in [0.1, 0.15) is 5.82 Å². The maximum atomic E-state index is 6.27. The van der Waals surface area contributed by atoms with Crippen molar-refractivity contribution in [3.8, 4) is 11.4 Å². The van der Waals surface area contributed by atoms with E-state index in [0.717, 1.165) is 38.6 Å². The number of aryl methyl sites for hydroxylation is 1. The average Bonchev–Trinajstić information content (AvgIpc) is 2.65. The molecule has 0 atom stereocenters. The van der Waals surface area contributed by atoms with Gasteiger partial charge >= 0.3 is 0 Å². The fourth-order valence-electron chi connectivity index (χ4n) is 2.96. The maximum Gasteiger partial charge on any atom is 0.162 e. The third-order valence-corrected chi connectivity index (χ3v) is 4.81. The van der Waals surface area contributed by atoms with Crippen molar-refractivity contribution in [1.82, 2.24) is 9.97 Å². The number of hydrogen-bond acceptors (Lipinski definition) is 3. The molecule has 0 aliphatic heterocycles. The van der Waals surface area contributed by atoms with Crippen LogP contribution in [0, 0.1) is 13.8 Å². The molecular formula is C22H18ClN3.